The molecular weight excluding hydrogens is 438 g/mol. The summed E-state index contributed by atoms with van der Waals surface area (Å²) in [6, 6.07) is 17.7. The first-order valence-electron chi connectivity index (χ1n) is 12.1. The summed E-state index contributed by atoms with van der Waals surface area (Å²) >= 11 is 0. The first kappa shape index (κ1) is 24.5. The molecule has 1 saturated carbocycles. The molecule has 1 aliphatic rings. The van der Waals surface area contributed by atoms with Crippen LogP contribution < -0.4 is 10.5 Å². The SMILES string of the molecule is CN(c1cc(=O)n(C)c2ccc(C#N)nc12)C1CCC(C(=NOC(C)(C)C)c2ccccc2)CC1. The molecule has 0 spiro atoms. The van der Waals surface area contributed by atoms with E-state index in [0.29, 0.717) is 17.1 Å². The molecule has 4 rings (SSSR count). The fraction of sp³-hybridized carbons (Fsp3) is 0.429. The van der Waals surface area contributed by atoms with Crippen LogP contribution in [0.2, 0.25) is 0 Å². The Kier molecular flexibility index (Phi) is 6.93. The summed E-state index contributed by atoms with van der Waals surface area (Å²) in [7, 11) is 3.76. The molecule has 0 N–H and O–H groups in total. The van der Waals surface area contributed by atoms with Gasteiger partial charge in [0.1, 0.15) is 22.9 Å². The molecule has 0 radical (unpaired) electrons. The molecule has 1 aliphatic carbocycles. The van der Waals surface area contributed by atoms with Crippen LogP contribution in [0, 0.1) is 17.2 Å². The lowest BCUT2D eigenvalue weighted by Crippen LogP contribution is -2.38. The summed E-state index contributed by atoms with van der Waals surface area (Å²) < 4.78 is 1.58. The van der Waals surface area contributed by atoms with Gasteiger partial charge in [0.2, 0.25) is 0 Å². The number of aromatic nitrogens is 2. The number of benzene rings is 1. The molecule has 0 bridgehead atoms. The van der Waals surface area contributed by atoms with Crippen molar-refractivity contribution in [3.8, 4) is 6.07 Å². The van der Waals surface area contributed by atoms with Crippen LogP contribution in [0.3, 0.4) is 0 Å². The number of nitriles is 1. The van der Waals surface area contributed by atoms with E-state index in [0.717, 1.165) is 48.2 Å². The van der Waals surface area contributed by atoms with E-state index in [9.17, 15) is 10.1 Å². The Morgan fingerprint density at radius 3 is 2.46 bits per heavy atom. The molecule has 2 heterocycles. The Morgan fingerprint density at radius 2 is 1.83 bits per heavy atom. The molecule has 7 nitrogen and oxygen atoms in total. The number of nitrogens with zero attached hydrogens (tertiary/aromatic N) is 5. The van der Waals surface area contributed by atoms with Gasteiger partial charge in [0.15, 0.2) is 0 Å². The summed E-state index contributed by atoms with van der Waals surface area (Å²) in [6.07, 6.45) is 3.85. The van der Waals surface area contributed by atoms with Crippen molar-refractivity contribution in [2.24, 2.45) is 18.1 Å². The number of rotatable bonds is 5. The van der Waals surface area contributed by atoms with E-state index >= 15 is 0 Å². The largest absolute Gasteiger partial charge is 0.390 e. The van der Waals surface area contributed by atoms with Gasteiger partial charge in [-0.05, 0) is 64.2 Å². The zero-order chi connectivity index (χ0) is 25.2. The van der Waals surface area contributed by atoms with Crippen molar-refractivity contribution in [3.63, 3.8) is 0 Å². The third kappa shape index (κ3) is 5.37. The molecule has 0 unspecified atom stereocenters. The van der Waals surface area contributed by atoms with Crippen LogP contribution in [0.1, 0.15) is 57.7 Å². The summed E-state index contributed by atoms with van der Waals surface area (Å²) in [4.78, 5) is 25.2. The van der Waals surface area contributed by atoms with E-state index in [1.807, 2.05) is 46.0 Å². The lowest BCUT2D eigenvalue weighted by atomic mass is 9.80. The van der Waals surface area contributed by atoms with Gasteiger partial charge in [0, 0.05) is 32.1 Å². The zero-order valence-electron chi connectivity index (χ0n) is 21.2. The van der Waals surface area contributed by atoms with Crippen molar-refractivity contribution in [2.45, 2.75) is 58.1 Å². The van der Waals surface area contributed by atoms with Gasteiger partial charge < -0.3 is 14.3 Å². The number of oxime groups is 1. The lowest BCUT2D eigenvalue weighted by molar-refractivity contribution is -0.0000286. The quantitative estimate of drug-likeness (QED) is 0.385. The maximum Gasteiger partial charge on any atom is 0.252 e. The summed E-state index contributed by atoms with van der Waals surface area (Å²) in [6.45, 7) is 6.02. The van der Waals surface area contributed by atoms with E-state index in [1.165, 1.54) is 0 Å². The summed E-state index contributed by atoms with van der Waals surface area (Å²) in [5.41, 5.74) is 4.19. The van der Waals surface area contributed by atoms with Gasteiger partial charge in [-0.1, -0.05) is 35.5 Å². The highest BCUT2D eigenvalue weighted by atomic mass is 16.6. The van der Waals surface area contributed by atoms with E-state index in [-0.39, 0.29) is 17.2 Å². The second-order valence-corrected chi connectivity index (χ2v) is 10.3. The number of anilines is 1. The van der Waals surface area contributed by atoms with Gasteiger partial charge in [0.05, 0.1) is 16.9 Å². The number of hydrogen-bond donors (Lipinski definition) is 0. The number of fused-ring (bicyclic) bond motifs is 1. The molecule has 3 aromatic rings. The topological polar surface area (TPSA) is 83.5 Å². The molecule has 35 heavy (non-hydrogen) atoms. The number of pyridine rings is 2. The molecule has 182 valence electrons. The molecule has 0 atom stereocenters. The monoisotopic (exact) mass is 471 g/mol. The Morgan fingerprint density at radius 1 is 1.14 bits per heavy atom. The van der Waals surface area contributed by atoms with Crippen LogP contribution in [0.5, 0.6) is 0 Å². The van der Waals surface area contributed by atoms with E-state index < -0.39 is 0 Å². The minimum absolute atomic E-state index is 0.0858. The predicted octanol–water partition coefficient (Wildman–Crippen LogP) is 5.02. The van der Waals surface area contributed by atoms with Crippen LogP contribution in [0.15, 0.2) is 58.5 Å². The molecule has 0 aliphatic heterocycles. The molecular formula is C28H33N5O2. The molecule has 1 aromatic carbocycles. The van der Waals surface area contributed by atoms with Gasteiger partial charge in [0.25, 0.3) is 5.56 Å². The normalized spacial score (nSPS) is 18.8. The summed E-state index contributed by atoms with van der Waals surface area (Å²) in [5.74, 6) is 0.299. The van der Waals surface area contributed by atoms with Crippen molar-refractivity contribution < 1.29 is 4.84 Å². The van der Waals surface area contributed by atoms with Crippen LogP contribution in [0.25, 0.3) is 11.0 Å². The molecule has 0 amide bonds. The third-order valence-corrected chi connectivity index (χ3v) is 6.68. The van der Waals surface area contributed by atoms with Crippen LogP contribution >= 0.6 is 0 Å². The van der Waals surface area contributed by atoms with Crippen LogP contribution in [-0.4, -0.2) is 34.0 Å². The lowest BCUT2D eigenvalue weighted by Gasteiger charge is -2.36. The van der Waals surface area contributed by atoms with E-state index in [2.05, 4.69) is 33.2 Å². The minimum atomic E-state index is -0.354. The fourth-order valence-electron chi connectivity index (χ4n) is 4.73. The maximum atomic E-state index is 12.7. The Labute approximate surface area is 206 Å². The van der Waals surface area contributed by atoms with Gasteiger partial charge in [-0.2, -0.15) is 5.26 Å². The van der Waals surface area contributed by atoms with Crippen LogP contribution in [-0.2, 0) is 11.9 Å². The van der Waals surface area contributed by atoms with Crippen molar-refractivity contribution in [1.29, 1.82) is 5.26 Å². The smallest absolute Gasteiger partial charge is 0.252 e. The second kappa shape index (κ2) is 9.91. The highest BCUT2D eigenvalue weighted by Gasteiger charge is 2.30. The number of aryl methyl sites for hydroxylation is 1. The Hall–Kier alpha value is -3.66. The third-order valence-electron chi connectivity index (χ3n) is 6.68. The minimum Gasteiger partial charge on any atom is -0.390 e. The predicted molar refractivity (Wildman–Crippen MR) is 140 cm³/mol. The molecule has 2 aromatic heterocycles. The van der Waals surface area contributed by atoms with Gasteiger partial charge in [-0.25, -0.2) is 4.98 Å². The van der Waals surface area contributed by atoms with Gasteiger partial charge >= 0.3 is 0 Å². The second-order valence-electron chi connectivity index (χ2n) is 10.3. The first-order chi connectivity index (χ1) is 16.7. The fourth-order valence-corrected chi connectivity index (χ4v) is 4.73. The average molecular weight is 472 g/mol. The van der Waals surface area contributed by atoms with Gasteiger partial charge in [-0.3, -0.25) is 4.79 Å². The summed E-state index contributed by atoms with van der Waals surface area (Å²) in [5, 5.41) is 14.0. The van der Waals surface area contributed by atoms with Gasteiger partial charge in [-0.15, -0.1) is 0 Å². The Bertz CT molecular complexity index is 1320. The first-order valence-corrected chi connectivity index (χ1v) is 12.1. The van der Waals surface area contributed by atoms with Crippen molar-refractivity contribution in [1.82, 2.24) is 9.55 Å². The maximum absolute atomic E-state index is 12.7. The van der Waals surface area contributed by atoms with Crippen molar-refractivity contribution in [3.05, 3.63) is 70.1 Å². The average Bonchev–Trinajstić information content (AvgIpc) is 2.86. The van der Waals surface area contributed by atoms with E-state index in [4.69, 9.17) is 4.84 Å². The Balaban J connectivity index is 1.59. The molecule has 7 heteroatoms. The van der Waals surface area contributed by atoms with Crippen molar-refractivity contribution >= 4 is 22.4 Å². The molecule has 1 fully saturated rings. The highest BCUT2D eigenvalue weighted by molar-refractivity contribution is 6.02. The number of hydrogen-bond acceptors (Lipinski definition) is 6. The van der Waals surface area contributed by atoms with E-state index in [1.54, 1.807) is 29.8 Å². The van der Waals surface area contributed by atoms with Crippen molar-refractivity contribution in [2.75, 3.05) is 11.9 Å². The standard InChI is InChI=1S/C28H33N5O2/c1-28(2,3)35-31-26(19-9-7-6-8-10-19)20-11-14-22(15-12-20)32(4)24-17-25(34)33(5)23-16-13-21(18-29)30-27(23)24/h6-10,13,16-17,20,22H,11-12,14-15H2,1-5H3. The highest BCUT2D eigenvalue weighted by Crippen LogP contribution is 2.34. The molecule has 0 saturated heterocycles. The zero-order valence-corrected chi connectivity index (χ0v) is 21.2. The van der Waals surface area contributed by atoms with Crippen LogP contribution in [0.4, 0.5) is 5.69 Å².